The summed E-state index contributed by atoms with van der Waals surface area (Å²) in [6.45, 7) is -3.08. The highest BCUT2D eigenvalue weighted by Gasteiger charge is 2.24. The number of carbonyl (C=O) groups excluding carboxylic acids is 2. The fourth-order valence-electron chi connectivity index (χ4n) is 2.35. The maximum Gasteiger partial charge on any atom is 0.387 e. The number of halogens is 4. The molecule has 0 aliphatic heterocycles. The van der Waals surface area contributed by atoms with Crippen LogP contribution in [0.3, 0.4) is 0 Å². The molecule has 2 N–H and O–H groups in total. The maximum absolute atomic E-state index is 13.5. The number of benzene rings is 2. The zero-order chi connectivity index (χ0) is 20.8. The Balaban J connectivity index is 2.30. The van der Waals surface area contributed by atoms with Crippen LogP contribution in [0.25, 0.3) is 0 Å². The first kappa shape index (κ1) is 21.0. The molecule has 0 spiro atoms. The van der Waals surface area contributed by atoms with Crippen molar-refractivity contribution in [1.82, 2.24) is 10.6 Å². The van der Waals surface area contributed by atoms with Gasteiger partial charge in [0.15, 0.2) is 23.1 Å². The first-order valence-electron chi connectivity index (χ1n) is 7.87. The van der Waals surface area contributed by atoms with Gasteiger partial charge in [-0.2, -0.15) is 8.78 Å². The van der Waals surface area contributed by atoms with Crippen molar-refractivity contribution in [3.05, 3.63) is 59.2 Å². The molecular weight excluding hydrogens is 384 g/mol. The number of carbonyl (C=O) groups is 2. The first-order chi connectivity index (χ1) is 13.3. The number of ether oxygens (including phenoxy) is 2. The summed E-state index contributed by atoms with van der Waals surface area (Å²) < 4.78 is 60.6. The van der Waals surface area contributed by atoms with Gasteiger partial charge in [-0.25, -0.2) is 8.78 Å². The van der Waals surface area contributed by atoms with Crippen molar-refractivity contribution in [3.8, 4) is 11.5 Å². The van der Waals surface area contributed by atoms with E-state index in [1.807, 2.05) is 0 Å². The second-order valence-corrected chi connectivity index (χ2v) is 5.44. The number of nitrogens with one attached hydrogen (secondary N) is 2. The van der Waals surface area contributed by atoms with Gasteiger partial charge in [-0.1, -0.05) is 6.07 Å². The van der Waals surface area contributed by atoms with Gasteiger partial charge in [0.25, 0.3) is 5.91 Å². The molecule has 6 nitrogen and oxygen atoms in total. The van der Waals surface area contributed by atoms with Crippen LogP contribution in [0.5, 0.6) is 11.5 Å². The summed E-state index contributed by atoms with van der Waals surface area (Å²) in [6, 6.07) is 4.86. The Morgan fingerprint density at radius 1 is 1.00 bits per heavy atom. The van der Waals surface area contributed by atoms with Crippen molar-refractivity contribution in [2.45, 2.75) is 12.7 Å². The van der Waals surface area contributed by atoms with Crippen molar-refractivity contribution in [1.29, 1.82) is 0 Å². The summed E-state index contributed by atoms with van der Waals surface area (Å²) in [4.78, 5) is 24.6. The molecule has 2 aromatic rings. The molecule has 0 aliphatic carbocycles. The molecule has 2 amide bonds. The molecule has 0 bridgehead atoms. The Morgan fingerprint density at radius 2 is 1.71 bits per heavy atom. The van der Waals surface area contributed by atoms with Gasteiger partial charge in [-0.3, -0.25) is 9.59 Å². The van der Waals surface area contributed by atoms with Crippen LogP contribution in [-0.4, -0.2) is 32.6 Å². The summed E-state index contributed by atoms with van der Waals surface area (Å²) in [5.74, 6) is -4.15. The third-order valence-electron chi connectivity index (χ3n) is 3.70. The number of alkyl halides is 2. The van der Waals surface area contributed by atoms with Crippen molar-refractivity contribution in [2.24, 2.45) is 0 Å². The largest absolute Gasteiger partial charge is 0.493 e. The van der Waals surface area contributed by atoms with Crippen LogP contribution in [0.4, 0.5) is 17.6 Å². The van der Waals surface area contributed by atoms with E-state index in [1.165, 1.54) is 20.2 Å². The molecule has 0 saturated heterocycles. The Hall–Kier alpha value is -3.30. The second-order valence-electron chi connectivity index (χ2n) is 5.44. The predicted molar refractivity (Wildman–Crippen MR) is 90.3 cm³/mol. The molecule has 28 heavy (non-hydrogen) atoms. The SMILES string of the molecule is CNC(=O)C(NC(=O)c1ccc(OC(F)F)c(OC)c1)c1ccc(F)c(F)c1. The van der Waals surface area contributed by atoms with Crippen molar-refractivity contribution < 1.29 is 36.6 Å². The van der Waals surface area contributed by atoms with E-state index >= 15 is 0 Å². The summed E-state index contributed by atoms with van der Waals surface area (Å²) in [7, 11) is 2.50. The molecule has 2 rings (SSSR count). The lowest BCUT2D eigenvalue weighted by Gasteiger charge is -2.18. The van der Waals surface area contributed by atoms with E-state index in [9.17, 15) is 27.2 Å². The normalized spacial score (nSPS) is 11.7. The molecule has 0 aromatic heterocycles. The molecular formula is C18H16F4N2O4. The van der Waals surface area contributed by atoms with E-state index in [-0.39, 0.29) is 22.6 Å². The van der Waals surface area contributed by atoms with E-state index in [0.717, 1.165) is 30.3 Å². The molecule has 1 atom stereocenters. The lowest BCUT2D eigenvalue weighted by molar-refractivity contribution is -0.122. The van der Waals surface area contributed by atoms with Crippen molar-refractivity contribution in [3.63, 3.8) is 0 Å². The zero-order valence-corrected chi connectivity index (χ0v) is 14.8. The van der Waals surface area contributed by atoms with Crippen LogP contribution in [0.15, 0.2) is 36.4 Å². The third-order valence-corrected chi connectivity index (χ3v) is 3.70. The van der Waals surface area contributed by atoms with Crippen LogP contribution in [0.1, 0.15) is 22.0 Å². The molecule has 0 radical (unpaired) electrons. The second kappa shape index (κ2) is 9.07. The van der Waals surface area contributed by atoms with Gasteiger partial charge in [0.1, 0.15) is 6.04 Å². The van der Waals surface area contributed by atoms with Crippen LogP contribution < -0.4 is 20.1 Å². The lowest BCUT2D eigenvalue weighted by atomic mass is 10.0. The smallest absolute Gasteiger partial charge is 0.387 e. The highest BCUT2D eigenvalue weighted by atomic mass is 19.3. The molecule has 10 heteroatoms. The van der Waals surface area contributed by atoms with Crippen molar-refractivity contribution in [2.75, 3.05) is 14.2 Å². The summed E-state index contributed by atoms with van der Waals surface area (Å²) >= 11 is 0. The highest BCUT2D eigenvalue weighted by molar-refractivity contribution is 5.98. The number of methoxy groups -OCH3 is 1. The van der Waals surface area contributed by atoms with Crippen molar-refractivity contribution >= 4 is 11.8 Å². The Labute approximate surface area is 157 Å². The Bertz CT molecular complexity index is 877. The lowest BCUT2D eigenvalue weighted by Crippen LogP contribution is -2.39. The summed E-state index contributed by atoms with van der Waals surface area (Å²) in [5, 5.41) is 4.68. The minimum absolute atomic E-state index is 0.0104. The molecule has 0 aliphatic rings. The monoisotopic (exact) mass is 400 g/mol. The van der Waals surface area contributed by atoms with Gasteiger partial charge < -0.3 is 20.1 Å². The molecule has 0 saturated carbocycles. The van der Waals surface area contributed by atoms with E-state index in [1.54, 1.807) is 0 Å². The first-order valence-corrected chi connectivity index (χ1v) is 7.87. The standard InChI is InChI=1S/C18H16F4N2O4/c1-23-17(26)15(9-3-5-11(19)12(20)7-9)24-16(25)10-4-6-13(28-18(21)22)14(8-10)27-2/h3-8,15,18H,1-2H3,(H,23,26)(H,24,25). The van der Waals surface area contributed by atoms with Gasteiger partial charge in [-0.15, -0.1) is 0 Å². The molecule has 150 valence electrons. The van der Waals surface area contributed by atoms with Gasteiger partial charge in [0.05, 0.1) is 7.11 Å². The molecule has 2 aromatic carbocycles. The van der Waals surface area contributed by atoms with Crippen LogP contribution in [-0.2, 0) is 4.79 Å². The summed E-state index contributed by atoms with van der Waals surface area (Å²) in [6.07, 6.45) is 0. The van der Waals surface area contributed by atoms with Gasteiger partial charge in [0.2, 0.25) is 5.91 Å². The van der Waals surface area contributed by atoms with Crippen LogP contribution in [0, 0.1) is 11.6 Å². The molecule has 1 unspecified atom stereocenters. The predicted octanol–water partition coefficient (Wildman–Crippen LogP) is 2.79. The maximum atomic E-state index is 13.5. The molecule has 0 fully saturated rings. The average Bonchev–Trinajstić information content (AvgIpc) is 2.67. The fourth-order valence-corrected chi connectivity index (χ4v) is 2.35. The average molecular weight is 400 g/mol. The fraction of sp³-hybridized carbons (Fsp3) is 0.222. The summed E-state index contributed by atoms with van der Waals surface area (Å²) in [5.41, 5.74) is -0.0221. The number of hydrogen-bond donors (Lipinski definition) is 2. The van der Waals surface area contributed by atoms with Gasteiger partial charge in [-0.05, 0) is 35.9 Å². The van der Waals surface area contributed by atoms with Crippen LogP contribution >= 0.6 is 0 Å². The Kier molecular flexibility index (Phi) is 6.80. The van der Waals surface area contributed by atoms with E-state index < -0.39 is 36.1 Å². The minimum Gasteiger partial charge on any atom is -0.493 e. The van der Waals surface area contributed by atoms with E-state index in [4.69, 9.17) is 4.74 Å². The van der Waals surface area contributed by atoms with Gasteiger partial charge >= 0.3 is 6.61 Å². The Morgan fingerprint density at radius 3 is 2.29 bits per heavy atom. The van der Waals surface area contributed by atoms with E-state index in [2.05, 4.69) is 15.4 Å². The number of likely N-dealkylation sites (N-methyl/N-ethyl adjacent to an activating group) is 1. The van der Waals surface area contributed by atoms with Gasteiger partial charge in [0, 0.05) is 12.6 Å². The topological polar surface area (TPSA) is 76.7 Å². The number of rotatable bonds is 7. The van der Waals surface area contributed by atoms with Crippen LogP contribution in [0.2, 0.25) is 0 Å². The number of amides is 2. The van der Waals surface area contributed by atoms with E-state index in [0.29, 0.717) is 0 Å². The minimum atomic E-state index is -3.08. The number of hydrogen-bond acceptors (Lipinski definition) is 4. The quantitative estimate of drug-likeness (QED) is 0.701. The molecule has 0 heterocycles. The highest BCUT2D eigenvalue weighted by Crippen LogP contribution is 2.29. The zero-order valence-electron chi connectivity index (χ0n) is 14.8. The third kappa shape index (κ3) is 4.90.